The molecule has 3 nitrogen and oxygen atoms in total. The van der Waals surface area contributed by atoms with Crippen LogP contribution in [0.1, 0.15) is 19.7 Å². The molecule has 0 amide bonds. The molecule has 1 heterocycles. The molecule has 0 unspecified atom stereocenters. The summed E-state index contributed by atoms with van der Waals surface area (Å²) in [5, 5.41) is 3.33. The lowest BCUT2D eigenvalue weighted by molar-refractivity contribution is 0.576. The smallest absolute Gasteiger partial charge is 0.121 e. The number of nitrogens with zero attached hydrogens (tertiary/aromatic N) is 1. The second-order valence-corrected chi connectivity index (χ2v) is 3.74. The highest BCUT2D eigenvalue weighted by Crippen LogP contribution is 2.09. The molecule has 5 heteroatoms. The summed E-state index contributed by atoms with van der Waals surface area (Å²) in [6, 6.07) is 8.57. The summed E-state index contributed by atoms with van der Waals surface area (Å²) in [6.45, 7) is 5.05. The number of benzene rings is 1. The van der Waals surface area contributed by atoms with Crippen LogP contribution in [-0.2, 0) is 6.54 Å². The minimum Gasteiger partial charge on any atom is -0.341 e. The van der Waals surface area contributed by atoms with E-state index in [9.17, 15) is 0 Å². The Morgan fingerprint density at radius 2 is 1.94 bits per heavy atom. The van der Waals surface area contributed by atoms with Gasteiger partial charge in [-0.15, -0.1) is 24.8 Å². The Morgan fingerprint density at radius 1 is 1.25 bits per heavy atom. The molecule has 0 fully saturated rings. The summed E-state index contributed by atoms with van der Waals surface area (Å²) >= 11 is 0. The molecule has 0 saturated heterocycles. The van der Waals surface area contributed by atoms with E-state index in [0.29, 0.717) is 6.04 Å². The first-order chi connectivity index (χ1) is 6.75. The number of aromatic amines is 1. The molecular formula is C11H17Cl2N3. The molecule has 0 aliphatic heterocycles. The van der Waals surface area contributed by atoms with Crippen molar-refractivity contribution >= 4 is 35.8 Å². The van der Waals surface area contributed by atoms with Gasteiger partial charge in [-0.2, -0.15) is 0 Å². The van der Waals surface area contributed by atoms with E-state index in [1.165, 1.54) is 0 Å². The Morgan fingerprint density at radius 3 is 2.56 bits per heavy atom. The fourth-order valence-electron chi connectivity index (χ4n) is 1.39. The Bertz CT molecular complexity index is 393. The maximum atomic E-state index is 4.47. The SMILES string of the molecule is CC(C)NCc1nc2ccccc2[nH]1.Cl.Cl. The molecular weight excluding hydrogens is 245 g/mol. The molecule has 0 atom stereocenters. The molecule has 0 aliphatic rings. The Labute approximate surface area is 108 Å². The van der Waals surface area contributed by atoms with Gasteiger partial charge < -0.3 is 10.3 Å². The van der Waals surface area contributed by atoms with Gasteiger partial charge in [0, 0.05) is 6.04 Å². The number of para-hydroxylation sites is 2. The summed E-state index contributed by atoms with van der Waals surface area (Å²) in [5.74, 6) is 1.000. The van der Waals surface area contributed by atoms with Gasteiger partial charge in [0.1, 0.15) is 5.82 Å². The van der Waals surface area contributed by atoms with Gasteiger partial charge in [0.2, 0.25) is 0 Å². The second kappa shape index (κ2) is 6.74. The zero-order valence-corrected chi connectivity index (χ0v) is 11.0. The van der Waals surface area contributed by atoms with Crippen LogP contribution in [0.15, 0.2) is 24.3 Å². The summed E-state index contributed by atoms with van der Waals surface area (Å²) in [4.78, 5) is 7.74. The third-order valence-electron chi connectivity index (χ3n) is 2.12. The van der Waals surface area contributed by atoms with E-state index in [4.69, 9.17) is 0 Å². The number of imidazole rings is 1. The molecule has 16 heavy (non-hydrogen) atoms. The molecule has 1 aromatic heterocycles. The van der Waals surface area contributed by atoms with Crippen LogP contribution in [0.3, 0.4) is 0 Å². The Hall–Kier alpha value is -0.770. The highest BCUT2D eigenvalue weighted by molar-refractivity contribution is 5.85. The monoisotopic (exact) mass is 261 g/mol. The molecule has 0 radical (unpaired) electrons. The fraction of sp³-hybridized carbons (Fsp3) is 0.364. The van der Waals surface area contributed by atoms with Gasteiger partial charge in [0.05, 0.1) is 17.6 Å². The third-order valence-corrected chi connectivity index (χ3v) is 2.12. The average molecular weight is 262 g/mol. The molecule has 0 aliphatic carbocycles. The van der Waals surface area contributed by atoms with Gasteiger partial charge >= 0.3 is 0 Å². The second-order valence-electron chi connectivity index (χ2n) is 3.74. The molecule has 2 aromatic rings. The average Bonchev–Trinajstić information content (AvgIpc) is 2.57. The highest BCUT2D eigenvalue weighted by atomic mass is 35.5. The summed E-state index contributed by atoms with van der Waals surface area (Å²) in [7, 11) is 0. The lowest BCUT2D eigenvalue weighted by Crippen LogP contribution is -2.22. The van der Waals surface area contributed by atoms with Crippen molar-refractivity contribution in [3.8, 4) is 0 Å². The van der Waals surface area contributed by atoms with E-state index in [1.807, 2.05) is 24.3 Å². The van der Waals surface area contributed by atoms with Crippen molar-refractivity contribution in [3.63, 3.8) is 0 Å². The maximum absolute atomic E-state index is 4.47. The molecule has 0 saturated carbocycles. The van der Waals surface area contributed by atoms with Crippen LogP contribution in [0.5, 0.6) is 0 Å². The minimum atomic E-state index is 0. The molecule has 2 N–H and O–H groups in total. The van der Waals surface area contributed by atoms with E-state index < -0.39 is 0 Å². The van der Waals surface area contributed by atoms with Crippen LogP contribution in [-0.4, -0.2) is 16.0 Å². The van der Waals surface area contributed by atoms with Gasteiger partial charge in [-0.1, -0.05) is 26.0 Å². The standard InChI is InChI=1S/C11H15N3.2ClH/c1-8(2)12-7-11-13-9-5-3-4-6-10(9)14-11;;/h3-6,8,12H,7H2,1-2H3,(H,13,14);2*1H. The van der Waals surface area contributed by atoms with Crippen LogP contribution in [0.4, 0.5) is 0 Å². The highest BCUT2D eigenvalue weighted by Gasteiger charge is 2.01. The molecule has 90 valence electrons. The number of hydrogen-bond acceptors (Lipinski definition) is 2. The number of hydrogen-bond donors (Lipinski definition) is 2. The summed E-state index contributed by atoms with van der Waals surface area (Å²) in [6.07, 6.45) is 0. The van der Waals surface area contributed by atoms with E-state index in [1.54, 1.807) is 0 Å². The fourth-order valence-corrected chi connectivity index (χ4v) is 1.39. The number of halogens is 2. The van der Waals surface area contributed by atoms with Crippen LogP contribution in [0.2, 0.25) is 0 Å². The van der Waals surface area contributed by atoms with E-state index in [0.717, 1.165) is 23.4 Å². The molecule has 0 bridgehead atoms. The van der Waals surface area contributed by atoms with E-state index in [-0.39, 0.29) is 24.8 Å². The van der Waals surface area contributed by atoms with Crippen molar-refractivity contribution in [3.05, 3.63) is 30.1 Å². The number of rotatable bonds is 3. The van der Waals surface area contributed by atoms with Crippen molar-refractivity contribution in [2.24, 2.45) is 0 Å². The van der Waals surface area contributed by atoms with Crippen molar-refractivity contribution in [2.45, 2.75) is 26.4 Å². The molecule has 2 rings (SSSR count). The first-order valence-electron chi connectivity index (χ1n) is 4.93. The number of H-pyrrole nitrogens is 1. The van der Waals surface area contributed by atoms with Crippen LogP contribution < -0.4 is 5.32 Å². The predicted octanol–water partition coefficient (Wildman–Crippen LogP) is 2.90. The predicted molar refractivity (Wildman–Crippen MR) is 72.6 cm³/mol. The van der Waals surface area contributed by atoms with E-state index in [2.05, 4.69) is 29.1 Å². The van der Waals surface area contributed by atoms with Crippen LogP contribution in [0, 0.1) is 0 Å². The Balaban J connectivity index is 0.00000112. The van der Waals surface area contributed by atoms with Gasteiger partial charge in [0.25, 0.3) is 0 Å². The number of aromatic nitrogens is 2. The number of nitrogens with one attached hydrogen (secondary N) is 2. The van der Waals surface area contributed by atoms with Gasteiger partial charge in [-0.25, -0.2) is 4.98 Å². The van der Waals surface area contributed by atoms with E-state index >= 15 is 0 Å². The van der Waals surface area contributed by atoms with Crippen molar-refractivity contribution in [2.75, 3.05) is 0 Å². The van der Waals surface area contributed by atoms with Crippen molar-refractivity contribution in [1.82, 2.24) is 15.3 Å². The minimum absolute atomic E-state index is 0. The largest absolute Gasteiger partial charge is 0.341 e. The van der Waals surface area contributed by atoms with Gasteiger partial charge in [-0.3, -0.25) is 0 Å². The zero-order chi connectivity index (χ0) is 9.97. The van der Waals surface area contributed by atoms with Crippen LogP contribution >= 0.6 is 24.8 Å². The molecule has 1 aromatic carbocycles. The first kappa shape index (κ1) is 15.2. The van der Waals surface area contributed by atoms with Crippen LogP contribution in [0.25, 0.3) is 11.0 Å². The maximum Gasteiger partial charge on any atom is 0.121 e. The first-order valence-corrected chi connectivity index (χ1v) is 4.93. The number of fused-ring (bicyclic) bond motifs is 1. The lowest BCUT2D eigenvalue weighted by Gasteiger charge is -2.04. The van der Waals surface area contributed by atoms with Gasteiger partial charge in [-0.05, 0) is 12.1 Å². The zero-order valence-electron chi connectivity index (χ0n) is 9.36. The third kappa shape index (κ3) is 3.67. The summed E-state index contributed by atoms with van der Waals surface area (Å²) < 4.78 is 0. The quantitative estimate of drug-likeness (QED) is 0.892. The van der Waals surface area contributed by atoms with Gasteiger partial charge in [0.15, 0.2) is 0 Å². The molecule has 0 spiro atoms. The Kier molecular flexibility index (Phi) is 6.41. The lowest BCUT2D eigenvalue weighted by atomic mass is 10.3. The summed E-state index contributed by atoms with van der Waals surface area (Å²) in [5.41, 5.74) is 2.14. The topological polar surface area (TPSA) is 40.7 Å². The normalized spacial score (nSPS) is 9.94. The van der Waals surface area contributed by atoms with Crippen molar-refractivity contribution in [1.29, 1.82) is 0 Å². The van der Waals surface area contributed by atoms with Crippen molar-refractivity contribution < 1.29 is 0 Å².